The maximum atomic E-state index is 11.8. The van der Waals surface area contributed by atoms with Crippen molar-refractivity contribution in [1.82, 2.24) is 30.6 Å². The molecule has 0 atom stereocenters. The molecule has 204 valence electrons. The third kappa shape index (κ3) is 5.94. The van der Waals surface area contributed by atoms with Crippen molar-refractivity contribution >= 4 is 45.7 Å². The number of anilines is 1. The standard InChI is InChI=1S/C30H26N8O2S/c31-13-22-11-20(16-35-27(22)25-18-33-17-21-3-1-2-4-24(21)25)15-32-14-19-6-9-38(10-7-19)29-34-8-5-23(36-29)12-26-28(39)37-30(40)41-26/h1-5,8,11-12,16-19,32H,6-7,9-10,14-15H2,(H,37,39,40)/b26-12-. The number of thioether (sulfide) groups is 1. The van der Waals surface area contributed by atoms with E-state index in [9.17, 15) is 14.9 Å². The number of rotatable bonds is 7. The molecule has 2 saturated heterocycles. The van der Waals surface area contributed by atoms with Gasteiger partial charge in [0.1, 0.15) is 6.07 Å². The van der Waals surface area contributed by atoms with Crippen LogP contribution in [-0.2, 0) is 11.3 Å². The first-order valence-electron chi connectivity index (χ1n) is 13.3. The lowest BCUT2D eigenvalue weighted by Gasteiger charge is -2.32. The Kier molecular flexibility index (Phi) is 7.67. The lowest BCUT2D eigenvalue weighted by Crippen LogP contribution is -2.38. The van der Waals surface area contributed by atoms with E-state index in [0.717, 1.165) is 66.1 Å². The van der Waals surface area contributed by atoms with Crippen LogP contribution in [0.25, 0.3) is 28.1 Å². The molecule has 0 unspecified atom stereocenters. The Balaban J connectivity index is 1.03. The molecule has 10 nitrogen and oxygen atoms in total. The van der Waals surface area contributed by atoms with Gasteiger partial charge in [-0.05, 0) is 66.2 Å². The largest absolute Gasteiger partial charge is 0.341 e. The Hall–Kier alpha value is -4.66. The number of hydrogen-bond donors (Lipinski definition) is 2. The van der Waals surface area contributed by atoms with Gasteiger partial charge >= 0.3 is 0 Å². The zero-order valence-corrected chi connectivity index (χ0v) is 22.9. The van der Waals surface area contributed by atoms with Gasteiger partial charge in [-0.3, -0.25) is 24.9 Å². The topological polar surface area (TPSA) is 137 Å². The van der Waals surface area contributed by atoms with E-state index < -0.39 is 5.91 Å². The van der Waals surface area contributed by atoms with Crippen LogP contribution in [0.5, 0.6) is 0 Å². The van der Waals surface area contributed by atoms with E-state index in [0.29, 0.717) is 40.3 Å². The summed E-state index contributed by atoms with van der Waals surface area (Å²) < 4.78 is 0. The molecule has 0 saturated carbocycles. The Morgan fingerprint density at radius 3 is 2.78 bits per heavy atom. The summed E-state index contributed by atoms with van der Waals surface area (Å²) in [5.41, 5.74) is 3.60. The number of carbonyl (C=O) groups excluding carboxylic acids is 2. The van der Waals surface area contributed by atoms with E-state index >= 15 is 0 Å². The number of imide groups is 1. The van der Waals surface area contributed by atoms with Gasteiger partial charge in [0.05, 0.1) is 21.9 Å². The second-order valence-corrected chi connectivity index (χ2v) is 11.0. The lowest BCUT2D eigenvalue weighted by molar-refractivity contribution is -0.115. The molecule has 0 radical (unpaired) electrons. The predicted molar refractivity (Wildman–Crippen MR) is 157 cm³/mol. The van der Waals surface area contributed by atoms with E-state index in [1.165, 1.54) is 0 Å². The maximum Gasteiger partial charge on any atom is 0.290 e. The van der Waals surface area contributed by atoms with Crippen LogP contribution < -0.4 is 15.5 Å². The Morgan fingerprint density at radius 2 is 1.98 bits per heavy atom. The van der Waals surface area contributed by atoms with E-state index in [-0.39, 0.29) is 5.24 Å². The molecule has 1 aromatic carbocycles. The summed E-state index contributed by atoms with van der Waals surface area (Å²) in [5.74, 6) is 0.730. The zero-order valence-electron chi connectivity index (χ0n) is 22.1. The third-order valence-electron chi connectivity index (χ3n) is 7.23. The third-order valence-corrected chi connectivity index (χ3v) is 8.04. The summed E-state index contributed by atoms with van der Waals surface area (Å²) in [5, 5.41) is 17.3. The minimum atomic E-state index is -0.397. The number of benzene rings is 1. The highest BCUT2D eigenvalue weighted by Gasteiger charge is 2.26. The summed E-state index contributed by atoms with van der Waals surface area (Å²) in [7, 11) is 0. The quantitative estimate of drug-likeness (QED) is 0.314. The molecule has 3 aromatic heterocycles. The molecule has 2 N–H and O–H groups in total. The minimum Gasteiger partial charge on any atom is -0.341 e. The molecular weight excluding hydrogens is 536 g/mol. The summed E-state index contributed by atoms with van der Waals surface area (Å²) in [6.07, 6.45) is 10.7. The van der Waals surface area contributed by atoms with Crippen LogP contribution in [0.15, 0.2) is 66.1 Å². The number of pyridine rings is 2. The average Bonchev–Trinajstić information content (AvgIpc) is 3.33. The van der Waals surface area contributed by atoms with Gasteiger partial charge in [0, 0.05) is 55.4 Å². The number of hydrogen-bond acceptors (Lipinski definition) is 10. The molecule has 2 aliphatic rings. The summed E-state index contributed by atoms with van der Waals surface area (Å²) in [4.78, 5) is 43.7. The van der Waals surface area contributed by atoms with Crippen LogP contribution in [0.4, 0.5) is 10.7 Å². The van der Waals surface area contributed by atoms with Crippen molar-refractivity contribution in [1.29, 1.82) is 5.26 Å². The first-order valence-corrected chi connectivity index (χ1v) is 14.1. The van der Waals surface area contributed by atoms with Crippen LogP contribution in [0.2, 0.25) is 0 Å². The van der Waals surface area contributed by atoms with Crippen LogP contribution >= 0.6 is 11.8 Å². The van der Waals surface area contributed by atoms with Gasteiger partial charge in [-0.2, -0.15) is 5.26 Å². The molecule has 41 heavy (non-hydrogen) atoms. The highest BCUT2D eigenvalue weighted by Crippen LogP contribution is 2.29. The number of carbonyl (C=O) groups is 2. The SMILES string of the molecule is N#Cc1cc(CNCC2CCN(c3nccc(/C=C4\SC(=O)NC4=O)n3)CC2)cnc1-c1cncc2ccccc12. The molecule has 2 fully saturated rings. The average molecular weight is 563 g/mol. The van der Waals surface area contributed by atoms with Gasteiger partial charge in [0.2, 0.25) is 5.95 Å². The highest BCUT2D eigenvalue weighted by atomic mass is 32.2. The molecule has 0 spiro atoms. The molecule has 6 rings (SSSR count). The number of piperidine rings is 1. The molecule has 2 amide bonds. The second-order valence-electron chi connectivity index (χ2n) is 9.95. The summed E-state index contributed by atoms with van der Waals surface area (Å²) in [6.45, 7) is 3.14. The first-order chi connectivity index (χ1) is 20.1. The lowest BCUT2D eigenvalue weighted by atomic mass is 9.97. The fourth-order valence-electron chi connectivity index (χ4n) is 5.12. The molecular formula is C30H26N8O2S. The maximum absolute atomic E-state index is 11.8. The fourth-order valence-corrected chi connectivity index (χ4v) is 5.78. The number of amides is 2. The summed E-state index contributed by atoms with van der Waals surface area (Å²) in [6, 6.07) is 13.9. The Labute approximate surface area is 240 Å². The number of fused-ring (bicyclic) bond motifs is 1. The summed E-state index contributed by atoms with van der Waals surface area (Å²) >= 11 is 0.876. The van der Waals surface area contributed by atoms with Crippen molar-refractivity contribution in [3.8, 4) is 17.3 Å². The van der Waals surface area contributed by atoms with Gasteiger partial charge < -0.3 is 10.2 Å². The highest BCUT2D eigenvalue weighted by molar-refractivity contribution is 8.18. The monoisotopic (exact) mass is 562 g/mol. The van der Waals surface area contributed by atoms with E-state index in [2.05, 4.69) is 41.5 Å². The van der Waals surface area contributed by atoms with E-state index in [4.69, 9.17) is 0 Å². The van der Waals surface area contributed by atoms with Crippen molar-refractivity contribution < 1.29 is 9.59 Å². The van der Waals surface area contributed by atoms with Crippen LogP contribution in [0, 0.1) is 17.2 Å². The smallest absolute Gasteiger partial charge is 0.290 e. The number of nitriles is 1. The zero-order chi connectivity index (χ0) is 28.2. The fraction of sp³-hybridized carbons (Fsp3) is 0.233. The van der Waals surface area contributed by atoms with Crippen molar-refractivity contribution in [2.45, 2.75) is 19.4 Å². The Morgan fingerprint density at radius 1 is 1.12 bits per heavy atom. The van der Waals surface area contributed by atoms with Gasteiger partial charge in [-0.15, -0.1) is 0 Å². The number of nitrogens with one attached hydrogen (secondary N) is 2. The van der Waals surface area contributed by atoms with Gasteiger partial charge in [-0.25, -0.2) is 9.97 Å². The van der Waals surface area contributed by atoms with Crippen molar-refractivity contribution in [3.05, 3.63) is 82.9 Å². The first kappa shape index (κ1) is 26.6. The van der Waals surface area contributed by atoms with E-state index in [1.807, 2.05) is 42.7 Å². The molecule has 0 aliphatic carbocycles. The molecule has 5 heterocycles. The van der Waals surface area contributed by atoms with Gasteiger partial charge in [0.15, 0.2) is 0 Å². The van der Waals surface area contributed by atoms with Gasteiger partial charge in [0.25, 0.3) is 11.1 Å². The second kappa shape index (κ2) is 11.8. The van der Waals surface area contributed by atoms with Crippen molar-refractivity contribution in [2.24, 2.45) is 5.92 Å². The van der Waals surface area contributed by atoms with Crippen LogP contribution in [-0.4, -0.2) is 50.7 Å². The van der Waals surface area contributed by atoms with Crippen molar-refractivity contribution in [3.63, 3.8) is 0 Å². The van der Waals surface area contributed by atoms with E-state index in [1.54, 1.807) is 24.5 Å². The van der Waals surface area contributed by atoms with Crippen molar-refractivity contribution in [2.75, 3.05) is 24.5 Å². The van der Waals surface area contributed by atoms with Crippen LogP contribution in [0.1, 0.15) is 29.7 Å². The molecule has 4 aromatic rings. The number of aromatic nitrogens is 4. The minimum absolute atomic E-state index is 0.335. The molecule has 0 bridgehead atoms. The molecule has 2 aliphatic heterocycles. The predicted octanol–water partition coefficient (Wildman–Crippen LogP) is 4.29. The number of nitrogens with zero attached hydrogens (tertiary/aromatic N) is 6. The molecule has 11 heteroatoms. The van der Waals surface area contributed by atoms with Crippen LogP contribution in [0.3, 0.4) is 0 Å². The van der Waals surface area contributed by atoms with Gasteiger partial charge in [-0.1, -0.05) is 24.3 Å². The Bertz CT molecular complexity index is 1700. The normalized spacial score (nSPS) is 16.8.